The first kappa shape index (κ1) is 28.5. The number of fused-ring (bicyclic) bond motifs is 5. The lowest BCUT2D eigenvalue weighted by Gasteiger charge is -2.22. The van der Waals surface area contributed by atoms with E-state index in [1.54, 1.807) is 0 Å². The van der Waals surface area contributed by atoms with Crippen molar-refractivity contribution in [3.05, 3.63) is 92.0 Å². The van der Waals surface area contributed by atoms with E-state index >= 15 is 0 Å². The van der Waals surface area contributed by atoms with Gasteiger partial charge in [0.15, 0.2) is 11.6 Å². The van der Waals surface area contributed by atoms with Crippen molar-refractivity contribution in [1.82, 2.24) is 5.32 Å². The molecule has 2 unspecified atom stereocenters. The lowest BCUT2D eigenvalue weighted by atomic mass is 9.80. The van der Waals surface area contributed by atoms with E-state index in [4.69, 9.17) is 19.7 Å². The van der Waals surface area contributed by atoms with Gasteiger partial charge in [0.1, 0.15) is 0 Å². The molecule has 0 radical (unpaired) electrons. The molecule has 6 rings (SSSR count). The second-order valence-electron chi connectivity index (χ2n) is 11.6. The molecule has 1 aliphatic carbocycles. The second kappa shape index (κ2) is 10.6. The Hall–Kier alpha value is -4.66. The number of methoxy groups -OCH3 is 1. The van der Waals surface area contributed by atoms with E-state index in [9.17, 15) is 19.5 Å². The van der Waals surface area contributed by atoms with Gasteiger partial charge in [-0.05, 0) is 74.1 Å². The molecule has 5 aliphatic heterocycles. The average molecular weight is 579 g/mol. The van der Waals surface area contributed by atoms with E-state index in [2.05, 4.69) is 12.2 Å². The number of hydrogen-bond donors (Lipinski definition) is 2. The smallest absolute Gasteiger partial charge is 0.305 e. The van der Waals surface area contributed by atoms with E-state index < -0.39 is 0 Å². The van der Waals surface area contributed by atoms with Gasteiger partial charge in [-0.1, -0.05) is 13.8 Å². The average Bonchev–Trinajstić information content (AvgIpc) is 3.65. The number of nitrogens with zero attached hydrogens (tertiary/aromatic N) is 3. The maximum atomic E-state index is 13.7. The Morgan fingerprint density at radius 1 is 1.00 bits per heavy atom. The van der Waals surface area contributed by atoms with E-state index in [-0.39, 0.29) is 42.2 Å². The zero-order valence-electron chi connectivity index (χ0n) is 25.2. The van der Waals surface area contributed by atoms with Crippen LogP contribution < -0.4 is 5.32 Å². The number of esters is 1. The molecular weight excluding hydrogens is 544 g/mol. The summed E-state index contributed by atoms with van der Waals surface area (Å²) in [7, 11) is 1.36. The minimum atomic E-state index is -0.336. The number of aliphatic hydroxyl groups is 1. The van der Waals surface area contributed by atoms with Gasteiger partial charge in [-0.3, -0.25) is 14.4 Å². The zero-order chi connectivity index (χ0) is 30.7. The molecule has 9 nitrogen and oxygen atoms in total. The van der Waals surface area contributed by atoms with E-state index in [0.29, 0.717) is 57.2 Å². The predicted octanol–water partition coefficient (Wildman–Crippen LogP) is 5.38. The summed E-state index contributed by atoms with van der Waals surface area (Å²) in [5.74, 6) is -1.22. The van der Waals surface area contributed by atoms with Gasteiger partial charge in [0.05, 0.1) is 59.6 Å². The number of Topliss-reactive ketones (excluding diaryl/α,β-unsaturated/α-hetero) is 2. The molecule has 0 aromatic heterocycles. The maximum absolute atomic E-state index is 13.7. The topological polar surface area (TPSA) is 130 Å². The molecule has 5 heterocycles. The van der Waals surface area contributed by atoms with Gasteiger partial charge in [0.2, 0.25) is 0 Å². The number of hydrogen-bond acceptors (Lipinski definition) is 9. The normalized spacial score (nSPS) is 25.7. The van der Waals surface area contributed by atoms with Crippen LogP contribution in [0.25, 0.3) is 0 Å². The third-order valence-electron chi connectivity index (χ3n) is 9.26. The summed E-state index contributed by atoms with van der Waals surface area (Å²) in [4.78, 5) is 53.9. The van der Waals surface area contributed by atoms with Crippen molar-refractivity contribution in [3.8, 4) is 0 Å². The molecule has 1 saturated heterocycles. The lowest BCUT2D eigenvalue weighted by Crippen LogP contribution is -2.32. The van der Waals surface area contributed by atoms with Crippen LogP contribution in [0, 0.1) is 11.8 Å². The van der Waals surface area contributed by atoms with Crippen LogP contribution in [0.1, 0.15) is 60.3 Å². The Balaban J connectivity index is 1.64. The highest BCUT2D eigenvalue weighted by Crippen LogP contribution is 2.44. The molecule has 6 aliphatic rings. The first-order valence-electron chi connectivity index (χ1n) is 14.6. The first-order chi connectivity index (χ1) is 20.6. The number of ketones is 2. The molecular formula is C34H34N4O5. The summed E-state index contributed by atoms with van der Waals surface area (Å²) in [5.41, 5.74) is 10.3. The van der Waals surface area contributed by atoms with Crippen LogP contribution >= 0.6 is 0 Å². The summed E-state index contributed by atoms with van der Waals surface area (Å²) in [5, 5.41) is 13.7. The summed E-state index contributed by atoms with van der Waals surface area (Å²) in [6.07, 6.45) is 7.89. The maximum Gasteiger partial charge on any atom is 0.305 e. The molecule has 2 fully saturated rings. The first-order valence-corrected chi connectivity index (χ1v) is 14.6. The molecule has 0 aromatic rings. The Kier molecular flexibility index (Phi) is 6.99. The highest BCUT2D eigenvalue weighted by atomic mass is 16.5. The van der Waals surface area contributed by atoms with Gasteiger partial charge in [-0.25, -0.2) is 15.0 Å². The Morgan fingerprint density at radius 2 is 1.70 bits per heavy atom. The monoisotopic (exact) mass is 578 g/mol. The summed E-state index contributed by atoms with van der Waals surface area (Å²) in [6, 6.07) is 0. The Labute approximate surface area is 250 Å². The molecule has 0 amide bonds. The van der Waals surface area contributed by atoms with Gasteiger partial charge in [-0.15, -0.1) is 0 Å². The van der Waals surface area contributed by atoms with E-state index in [1.165, 1.54) is 7.11 Å². The summed E-state index contributed by atoms with van der Waals surface area (Å²) >= 11 is 0. The van der Waals surface area contributed by atoms with Crippen molar-refractivity contribution in [2.45, 2.75) is 60.3 Å². The zero-order valence-corrected chi connectivity index (χ0v) is 25.2. The Bertz CT molecular complexity index is 1780. The van der Waals surface area contributed by atoms with Crippen molar-refractivity contribution in [2.24, 2.45) is 26.8 Å². The highest BCUT2D eigenvalue weighted by molar-refractivity contribution is 6.46. The highest BCUT2D eigenvalue weighted by Gasteiger charge is 2.44. The van der Waals surface area contributed by atoms with Crippen LogP contribution in [0.2, 0.25) is 0 Å². The quantitative estimate of drug-likeness (QED) is 0.262. The van der Waals surface area contributed by atoms with Crippen LogP contribution in [-0.2, 0) is 19.1 Å². The van der Waals surface area contributed by atoms with Crippen LogP contribution in [0.15, 0.2) is 107 Å². The standard InChI is InChI=1S/C34H34N4O5/c1-7-19-15(2)23-11-27-21(14-39)17(4)22(36-27)10-24-16(3)20(8-9-30(42)43-6)33(37-24)32-29(41)13-28(40)31-18(5)25(38-34(31)32)12-26(19)35-23/h10-12,14,16,20,37,39H,7-9,13H2,1-6H3/b21-14-,23-11?,24-10?,25-12?,33-32?. The number of carbonyl (C=O) groups excluding carboxylic acids is 3. The molecule has 43 heavy (non-hydrogen) atoms. The van der Waals surface area contributed by atoms with Crippen molar-refractivity contribution in [2.75, 3.05) is 7.11 Å². The molecule has 0 aromatic carbocycles. The number of nitrogens with one attached hydrogen (secondary N) is 1. The molecule has 1 saturated carbocycles. The van der Waals surface area contributed by atoms with Crippen LogP contribution in [0.5, 0.6) is 0 Å². The van der Waals surface area contributed by atoms with Crippen LogP contribution in [0.3, 0.4) is 0 Å². The molecule has 8 bridgehead atoms. The van der Waals surface area contributed by atoms with Crippen molar-refractivity contribution in [1.29, 1.82) is 0 Å². The van der Waals surface area contributed by atoms with Crippen molar-refractivity contribution < 1.29 is 24.2 Å². The number of rotatable bonds is 4. The van der Waals surface area contributed by atoms with Crippen molar-refractivity contribution >= 4 is 34.7 Å². The molecule has 220 valence electrons. The number of aliphatic imine (C=N–C) groups is 3. The minimum Gasteiger partial charge on any atom is -0.515 e. The lowest BCUT2D eigenvalue weighted by molar-refractivity contribution is -0.141. The van der Waals surface area contributed by atoms with Gasteiger partial charge in [0.25, 0.3) is 0 Å². The van der Waals surface area contributed by atoms with Crippen molar-refractivity contribution in [3.63, 3.8) is 0 Å². The van der Waals surface area contributed by atoms with E-state index in [1.807, 2.05) is 45.9 Å². The molecule has 9 heteroatoms. The Morgan fingerprint density at radius 3 is 2.40 bits per heavy atom. The predicted molar refractivity (Wildman–Crippen MR) is 164 cm³/mol. The number of allylic oxidation sites excluding steroid dienone is 12. The fraction of sp³-hybridized carbons (Fsp3) is 0.353. The van der Waals surface area contributed by atoms with E-state index in [0.717, 1.165) is 46.5 Å². The van der Waals surface area contributed by atoms with Crippen LogP contribution in [-0.4, -0.2) is 46.9 Å². The summed E-state index contributed by atoms with van der Waals surface area (Å²) < 4.78 is 4.92. The number of aliphatic hydroxyl groups excluding tert-OH is 1. The molecule has 0 spiro atoms. The molecule has 2 atom stereocenters. The van der Waals surface area contributed by atoms with Gasteiger partial charge in [-0.2, -0.15) is 0 Å². The number of ether oxygens (including phenoxy) is 1. The fourth-order valence-electron chi connectivity index (χ4n) is 6.73. The third kappa shape index (κ3) is 4.45. The largest absolute Gasteiger partial charge is 0.515 e. The van der Waals surface area contributed by atoms with Gasteiger partial charge >= 0.3 is 5.97 Å². The van der Waals surface area contributed by atoms with Gasteiger partial charge in [0, 0.05) is 40.8 Å². The number of carbonyl (C=O) groups is 3. The SMILES string of the molecule is CCC1=C(C)C2=CC3=NC(=C(C)/C3=C/O)C=C3NC(=C4C(=O)CC(=O)C5=C(C)C(=CC1=N2)N=C54)C(CCC(=O)OC)C3C. The minimum absolute atomic E-state index is 0.114. The third-order valence-corrected chi connectivity index (χ3v) is 9.26. The van der Waals surface area contributed by atoms with Gasteiger partial charge < -0.3 is 15.2 Å². The second-order valence-corrected chi connectivity index (χ2v) is 11.6. The fourth-order valence-corrected chi connectivity index (χ4v) is 6.73. The summed E-state index contributed by atoms with van der Waals surface area (Å²) in [6.45, 7) is 9.89. The molecule has 2 N–H and O–H groups in total. The van der Waals surface area contributed by atoms with Crippen LogP contribution in [0.4, 0.5) is 0 Å².